The molecule has 24 heavy (non-hydrogen) atoms. The van der Waals surface area contributed by atoms with E-state index in [1.165, 1.54) is 12.0 Å². The number of hydrogen-bond acceptors (Lipinski definition) is 3. The maximum atomic E-state index is 12.5. The van der Waals surface area contributed by atoms with E-state index in [9.17, 15) is 4.79 Å². The third kappa shape index (κ3) is 3.96. The average Bonchev–Trinajstić information content (AvgIpc) is 3.06. The second-order valence-electron chi connectivity index (χ2n) is 6.59. The monoisotopic (exact) mass is 327 g/mol. The van der Waals surface area contributed by atoms with Gasteiger partial charge in [-0.1, -0.05) is 12.1 Å². The normalized spacial score (nSPS) is 17.8. The Hall–Kier alpha value is -2.30. The van der Waals surface area contributed by atoms with Crippen molar-refractivity contribution in [1.29, 1.82) is 0 Å². The number of ether oxygens (including phenoxy) is 1. The third-order valence-corrected chi connectivity index (χ3v) is 4.71. The van der Waals surface area contributed by atoms with Crippen LogP contribution in [-0.2, 0) is 6.42 Å². The zero-order valence-electron chi connectivity index (χ0n) is 14.4. The van der Waals surface area contributed by atoms with Crippen LogP contribution in [0.4, 0.5) is 0 Å². The van der Waals surface area contributed by atoms with Gasteiger partial charge in [0.05, 0.1) is 7.11 Å². The summed E-state index contributed by atoms with van der Waals surface area (Å²) in [4.78, 5) is 14.5. The van der Waals surface area contributed by atoms with Crippen molar-refractivity contribution < 1.29 is 9.53 Å². The van der Waals surface area contributed by atoms with Crippen LogP contribution in [0, 0.1) is 12.8 Å². The Kier molecular flexibility index (Phi) is 5.18. The standard InChI is InChI=1S/C19H25N3O2/c1-14-11-18(21-20-14)19(23)22-10-4-6-16(13-22)9-8-15-5-3-7-17(12-15)24-2/h3,5,7,11-12,16H,4,6,8-10,13H2,1-2H3,(H,20,21)/t16-/m1/s1. The zero-order chi connectivity index (χ0) is 16.9. The Balaban J connectivity index is 1.56. The number of nitrogens with zero attached hydrogens (tertiary/aromatic N) is 2. The molecular formula is C19H25N3O2. The molecule has 1 amide bonds. The summed E-state index contributed by atoms with van der Waals surface area (Å²) in [5.74, 6) is 1.50. The lowest BCUT2D eigenvalue weighted by atomic mass is 9.91. The summed E-state index contributed by atoms with van der Waals surface area (Å²) in [6, 6.07) is 10.1. The number of aromatic amines is 1. The van der Waals surface area contributed by atoms with Crippen LogP contribution in [0.5, 0.6) is 5.75 Å². The Morgan fingerprint density at radius 1 is 1.42 bits per heavy atom. The number of nitrogens with one attached hydrogen (secondary N) is 1. The van der Waals surface area contributed by atoms with Gasteiger partial charge in [0.15, 0.2) is 0 Å². The Morgan fingerprint density at radius 2 is 2.29 bits per heavy atom. The Labute approximate surface area is 143 Å². The summed E-state index contributed by atoms with van der Waals surface area (Å²) in [6.45, 7) is 3.58. The van der Waals surface area contributed by atoms with E-state index in [2.05, 4.69) is 22.3 Å². The van der Waals surface area contributed by atoms with Crippen LogP contribution in [0.3, 0.4) is 0 Å². The van der Waals surface area contributed by atoms with Crippen molar-refractivity contribution in [2.24, 2.45) is 5.92 Å². The number of likely N-dealkylation sites (tertiary alicyclic amines) is 1. The minimum absolute atomic E-state index is 0.0467. The summed E-state index contributed by atoms with van der Waals surface area (Å²) < 4.78 is 5.28. The molecule has 1 atom stereocenters. The summed E-state index contributed by atoms with van der Waals surface area (Å²) in [7, 11) is 1.69. The number of benzene rings is 1. The fourth-order valence-corrected chi connectivity index (χ4v) is 3.37. The highest BCUT2D eigenvalue weighted by atomic mass is 16.5. The van der Waals surface area contributed by atoms with Crippen LogP contribution in [0.15, 0.2) is 30.3 Å². The minimum atomic E-state index is 0.0467. The van der Waals surface area contributed by atoms with Crippen molar-refractivity contribution in [1.82, 2.24) is 15.1 Å². The first-order valence-corrected chi connectivity index (χ1v) is 8.60. The van der Waals surface area contributed by atoms with Gasteiger partial charge in [-0.25, -0.2) is 0 Å². The molecule has 2 heterocycles. The van der Waals surface area contributed by atoms with E-state index in [-0.39, 0.29) is 5.91 Å². The molecule has 128 valence electrons. The van der Waals surface area contributed by atoms with Gasteiger partial charge in [-0.3, -0.25) is 9.89 Å². The average molecular weight is 327 g/mol. The number of carbonyl (C=O) groups excluding carboxylic acids is 1. The van der Waals surface area contributed by atoms with Crippen molar-refractivity contribution in [3.8, 4) is 5.75 Å². The first-order valence-electron chi connectivity index (χ1n) is 8.60. The highest BCUT2D eigenvalue weighted by Crippen LogP contribution is 2.23. The number of aryl methyl sites for hydroxylation is 2. The summed E-state index contributed by atoms with van der Waals surface area (Å²) in [6.07, 6.45) is 4.37. The molecule has 5 nitrogen and oxygen atoms in total. The molecule has 0 aliphatic carbocycles. The molecule has 0 radical (unpaired) electrons. The van der Waals surface area contributed by atoms with E-state index in [0.717, 1.165) is 43.8 Å². The lowest BCUT2D eigenvalue weighted by Gasteiger charge is -2.32. The van der Waals surface area contributed by atoms with Crippen molar-refractivity contribution in [3.63, 3.8) is 0 Å². The first-order chi connectivity index (χ1) is 11.7. The first kappa shape index (κ1) is 16.6. The summed E-state index contributed by atoms with van der Waals surface area (Å²) in [5, 5.41) is 6.95. The van der Waals surface area contributed by atoms with E-state index in [4.69, 9.17) is 4.74 Å². The van der Waals surface area contributed by atoms with E-state index in [1.807, 2.05) is 30.0 Å². The number of methoxy groups -OCH3 is 1. The number of H-pyrrole nitrogens is 1. The number of aromatic nitrogens is 2. The molecule has 3 rings (SSSR count). The van der Waals surface area contributed by atoms with E-state index in [0.29, 0.717) is 11.6 Å². The molecule has 1 aliphatic heterocycles. The fraction of sp³-hybridized carbons (Fsp3) is 0.474. The molecule has 1 saturated heterocycles. The van der Waals surface area contributed by atoms with Gasteiger partial charge in [0.1, 0.15) is 11.4 Å². The quantitative estimate of drug-likeness (QED) is 0.917. The van der Waals surface area contributed by atoms with Crippen molar-refractivity contribution in [2.75, 3.05) is 20.2 Å². The predicted molar refractivity (Wildman–Crippen MR) is 93.3 cm³/mol. The smallest absolute Gasteiger partial charge is 0.274 e. The molecule has 0 spiro atoms. The van der Waals surface area contributed by atoms with Crippen LogP contribution < -0.4 is 4.74 Å². The molecule has 1 aromatic heterocycles. The molecule has 5 heteroatoms. The second-order valence-corrected chi connectivity index (χ2v) is 6.59. The van der Waals surface area contributed by atoms with Gasteiger partial charge < -0.3 is 9.64 Å². The van der Waals surface area contributed by atoms with Crippen LogP contribution in [0.1, 0.15) is 41.0 Å². The Bertz CT molecular complexity index is 695. The van der Waals surface area contributed by atoms with Gasteiger partial charge >= 0.3 is 0 Å². The number of carbonyl (C=O) groups is 1. The molecule has 1 N–H and O–H groups in total. The van der Waals surface area contributed by atoms with Gasteiger partial charge in [0, 0.05) is 18.8 Å². The van der Waals surface area contributed by atoms with Gasteiger partial charge in [-0.2, -0.15) is 5.10 Å². The molecule has 1 aromatic carbocycles. The fourth-order valence-electron chi connectivity index (χ4n) is 3.37. The molecular weight excluding hydrogens is 302 g/mol. The van der Waals surface area contributed by atoms with Crippen LogP contribution >= 0.6 is 0 Å². The maximum Gasteiger partial charge on any atom is 0.274 e. The van der Waals surface area contributed by atoms with E-state index < -0.39 is 0 Å². The number of piperidine rings is 1. The van der Waals surface area contributed by atoms with E-state index >= 15 is 0 Å². The summed E-state index contributed by atoms with van der Waals surface area (Å²) in [5.41, 5.74) is 2.74. The topological polar surface area (TPSA) is 58.2 Å². The van der Waals surface area contributed by atoms with Crippen LogP contribution in [-0.4, -0.2) is 41.2 Å². The van der Waals surface area contributed by atoms with E-state index in [1.54, 1.807) is 7.11 Å². The van der Waals surface area contributed by atoms with Crippen molar-refractivity contribution in [2.45, 2.75) is 32.6 Å². The molecule has 0 bridgehead atoms. The van der Waals surface area contributed by atoms with Crippen molar-refractivity contribution >= 4 is 5.91 Å². The number of rotatable bonds is 5. The largest absolute Gasteiger partial charge is 0.497 e. The SMILES string of the molecule is COc1cccc(CC[C@H]2CCCN(C(=O)c3cc(C)[nH]n3)C2)c1. The number of hydrogen-bond donors (Lipinski definition) is 1. The van der Waals surface area contributed by atoms with Gasteiger partial charge in [0.2, 0.25) is 0 Å². The van der Waals surface area contributed by atoms with Crippen LogP contribution in [0.25, 0.3) is 0 Å². The van der Waals surface area contributed by atoms with Gasteiger partial charge in [-0.15, -0.1) is 0 Å². The lowest BCUT2D eigenvalue weighted by molar-refractivity contribution is 0.0662. The minimum Gasteiger partial charge on any atom is -0.497 e. The second kappa shape index (κ2) is 7.51. The molecule has 2 aromatic rings. The van der Waals surface area contributed by atoms with Gasteiger partial charge in [-0.05, 0) is 62.3 Å². The van der Waals surface area contributed by atoms with Gasteiger partial charge in [0.25, 0.3) is 5.91 Å². The Morgan fingerprint density at radius 3 is 3.04 bits per heavy atom. The molecule has 1 fully saturated rings. The molecule has 1 aliphatic rings. The lowest BCUT2D eigenvalue weighted by Crippen LogP contribution is -2.40. The summed E-state index contributed by atoms with van der Waals surface area (Å²) >= 11 is 0. The molecule has 0 unspecified atom stereocenters. The zero-order valence-corrected chi connectivity index (χ0v) is 14.4. The number of amides is 1. The maximum absolute atomic E-state index is 12.5. The molecule has 0 saturated carbocycles. The highest BCUT2D eigenvalue weighted by Gasteiger charge is 2.25. The van der Waals surface area contributed by atoms with Crippen LogP contribution in [0.2, 0.25) is 0 Å². The predicted octanol–water partition coefficient (Wildman–Crippen LogP) is 3.21. The van der Waals surface area contributed by atoms with Crippen molar-refractivity contribution in [3.05, 3.63) is 47.3 Å². The third-order valence-electron chi connectivity index (χ3n) is 4.71. The highest BCUT2D eigenvalue weighted by molar-refractivity contribution is 5.92.